The van der Waals surface area contributed by atoms with Gasteiger partial charge in [-0.25, -0.2) is 4.98 Å². The van der Waals surface area contributed by atoms with Crippen molar-refractivity contribution in [3.8, 4) is 50.5 Å². The summed E-state index contributed by atoms with van der Waals surface area (Å²) in [6.07, 6.45) is 0. The van der Waals surface area contributed by atoms with E-state index in [4.69, 9.17) is 26.0 Å². The van der Waals surface area contributed by atoms with Gasteiger partial charge >= 0.3 is 0 Å². The van der Waals surface area contributed by atoms with Gasteiger partial charge in [0, 0.05) is 16.3 Å². The van der Waals surface area contributed by atoms with Gasteiger partial charge in [-0.15, -0.1) is 0 Å². The number of rotatable bonds is 5. The Bertz CT molecular complexity index is 3620. The Hall–Kier alpha value is -6.25. The van der Waals surface area contributed by atoms with Crippen LogP contribution in [0.4, 0.5) is 0 Å². The zero-order valence-corrected chi connectivity index (χ0v) is 23.9. The average Bonchev–Trinajstić information content (AvgIpc) is 3.72. The van der Waals surface area contributed by atoms with E-state index < -0.39 is 177 Å². The third kappa shape index (κ3) is 4.62. The fourth-order valence-corrected chi connectivity index (χ4v) is 5.75. The first-order valence-corrected chi connectivity index (χ1v) is 14.2. The zero-order chi connectivity index (χ0) is 51.2. The monoisotopic (exact) mass is 621 g/mol. The maximum Gasteiger partial charge on any atom is 0.145 e. The van der Waals surface area contributed by atoms with E-state index in [0.29, 0.717) is 0 Å². The summed E-state index contributed by atoms with van der Waals surface area (Å²) in [5.41, 5.74) is -2.54. The van der Waals surface area contributed by atoms with Crippen LogP contribution in [0.2, 0.25) is 0 Å². The molecular formula is C45H30N2. The van der Waals surface area contributed by atoms with Gasteiger partial charge in [0.15, 0.2) is 0 Å². The van der Waals surface area contributed by atoms with Crippen molar-refractivity contribution in [3.63, 3.8) is 0 Å². The number of aromatic nitrogens is 2. The molecule has 0 amide bonds. The molecule has 0 spiro atoms. The third-order valence-electron chi connectivity index (χ3n) is 7.66. The van der Waals surface area contributed by atoms with E-state index in [1.165, 1.54) is 34.9 Å². The van der Waals surface area contributed by atoms with Crippen LogP contribution in [-0.2, 0) is 0 Å². The molecule has 9 rings (SSSR count). The summed E-state index contributed by atoms with van der Waals surface area (Å²) in [5.74, 6) is -0.375. The predicted molar refractivity (Wildman–Crippen MR) is 198 cm³/mol. The standard InChI is InChI=1S/C45H30N2/c1-4-16-31(17-5-1)34-28-35(32-18-6-2-7-19-32)30-36(29-34)43-37-22-10-12-24-39(37)44(40-25-13-11-23-38(40)43)47-42-27-15-14-26-41(42)46-45(47)33-20-8-3-9-21-33/h1-30H/i1D,2D,3D,4D,5D,6D,7D,8D,9D,10D,11D,12D,13D,16D,17D,18D,19D,20D,21D,22D,23D,24D,25D. The van der Waals surface area contributed by atoms with Gasteiger partial charge in [0.2, 0.25) is 0 Å². The molecule has 1 aromatic heterocycles. The van der Waals surface area contributed by atoms with Gasteiger partial charge in [-0.1, -0.05) is 151 Å². The second-order valence-electron chi connectivity index (χ2n) is 10.3. The Morgan fingerprint density at radius 2 is 0.872 bits per heavy atom. The zero-order valence-electron chi connectivity index (χ0n) is 46.9. The summed E-state index contributed by atoms with van der Waals surface area (Å²) in [4.78, 5) is 4.69. The van der Waals surface area contributed by atoms with Crippen molar-refractivity contribution in [2.24, 2.45) is 0 Å². The van der Waals surface area contributed by atoms with E-state index >= 15 is 0 Å². The molecule has 1 heterocycles. The van der Waals surface area contributed by atoms with Crippen molar-refractivity contribution >= 4 is 32.6 Å². The highest BCUT2D eigenvalue weighted by Crippen LogP contribution is 2.45. The van der Waals surface area contributed by atoms with Gasteiger partial charge in [-0.05, 0) is 74.5 Å². The first-order valence-electron chi connectivity index (χ1n) is 25.7. The van der Waals surface area contributed by atoms with E-state index in [2.05, 4.69) is 4.98 Å². The van der Waals surface area contributed by atoms with Crippen molar-refractivity contribution in [3.05, 3.63) is 181 Å². The van der Waals surface area contributed by atoms with Crippen LogP contribution in [0, 0.1) is 0 Å². The molecule has 0 radical (unpaired) electrons. The lowest BCUT2D eigenvalue weighted by Crippen LogP contribution is -2.01. The molecule has 47 heavy (non-hydrogen) atoms. The Morgan fingerprint density at radius 3 is 1.43 bits per heavy atom. The number of imidazole rings is 1. The lowest BCUT2D eigenvalue weighted by atomic mass is 9.87. The van der Waals surface area contributed by atoms with Gasteiger partial charge in [0.25, 0.3) is 0 Å². The van der Waals surface area contributed by atoms with Crippen molar-refractivity contribution < 1.29 is 31.5 Å². The van der Waals surface area contributed by atoms with Crippen molar-refractivity contribution in [2.45, 2.75) is 0 Å². The molecule has 0 aliphatic carbocycles. The van der Waals surface area contributed by atoms with E-state index in [0.717, 1.165) is 0 Å². The van der Waals surface area contributed by atoms with Crippen LogP contribution in [0.25, 0.3) is 83.0 Å². The Balaban J connectivity index is 1.61. The van der Waals surface area contributed by atoms with E-state index in [-0.39, 0.29) is 44.8 Å². The minimum atomic E-state index is -0.834. The molecule has 0 unspecified atom stereocenters. The average molecular weight is 622 g/mol. The molecule has 0 atom stereocenters. The van der Waals surface area contributed by atoms with Gasteiger partial charge < -0.3 is 0 Å². The Labute approximate surface area is 306 Å². The third-order valence-corrected chi connectivity index (χ3v) is 7.66. The Kier molecular flexibility index (Phi) is 3.00. The van der Waals surface area contributed by atoms with Crippen LogP contribution >= 0.6 is 0 Å². The summed E-state index contributed by atoms with van der Waals surface area (Å²) in [7, 11) is 0. The topological polar surface area (TPSA) is 17.8 Å². The number of hydrogen-bond donors (Lipinski definition) is 0. The Morgan fingerprint density at radius 1 is 0.426 bits per heavy atom. The molecule has 0 fully saturated rings. The summed E-state index contributed by atoms with van der Waals surface area (Å²) in [5, 5.41) is -1.75. The maximum atomic E-state index is 9.59. The number of hydrogen-bond acceptors (Lipinski definition) is 1. The van der Waals surface area contributed by atoms with Gasteiger partial charge in [0.1, 0.15) is 5.82 Å². The summed E-state index contributed by atoms with van der Waals surface area (Å²) >= 11 is 0. The second-order valence-corrected chi connectivity index (χ2v) is 10.3. The van der Waals surface area contributed by atoms with Gasteiger partial charge in [-0.2, -0.15) is 0 Å². The smallest absolute Gasteiger partial charge is 0.145 e. The fraction of sp³-hybridized carbons (Fsp3) is 0. The van der Waals surface area contributed by atoms with Crippen molar-refractivity contribution in [1.82, 2.24) is 9.55 Å². The lowest BCUT2D eigenvalue weighted by Gasteiger charge is -2.21. The quantitative estimate of drug-likeness (QED) is 0.175. The number of benzene rings is 8. The number of fused-ring (bicyclic) bond motifs is 3. The summed E-state index contributed by atoms with van der Waals surface area (Å²) in [6.45, 7) is 0. The molecule has 2 heteroatoms. The number of nitrogens with zero attached hydrogens (tertiary/aromatic N) is 2. The summed E-state index contributed by atoms with van der Waals surface area (Å²) in [6, 6.07) is -7.80. The van der Waals surface area contributed by atoms with Crippen LogP contribution in [0.3, 0.4) is 0 Å². The van der Waals surface area contributed by atoms with Gasteiger partial charge in [-0.3, -0.25) is 4.57 Å². The van der Waals surface area contributed by atoms with Crippen LogP contribution in [0.1, 0.15) is 31.5 Å². The second kappa shape index (κ2) is 11.3. The largest absolute Gasteiger partial charge is 0.291 e. The minimum Gasteiger partial charge on any atom is -0.291 e. The van der Waals surface area contributed by atoms with E-state index in [1.807, 2.05) is 0 Å². The first-order chi connectivity index (χ1) is 32.9. The maximum absolute atomic E-state index is 9.59. The molecule has 2 nitrogen and oxygen atoms in total. The highest BCUT2D eigenvalue weighted by Gasteiger charge is 2.22. The predicted octanol–water partition coefficient (Wildman–Crippen LogP) is 12.0. The van der Waals surface area contributed by atoms with E-state index in [9.17, 15) is 5.48 Å². The van der Waals surface area contributed by atoms with Crippen LogP contribution < -0.4 is 0 Å². The first kappa shape index (κ1) is 12.5. The van der Waals surface area contributed by atoms with Gasteiger partial charge in [0.05, 0.1) is 48.2 Å². The summed E-state index contributed by atoms with van der Waals surface area (Å²) < 4.78 is 205. The molecular weight excluding hydrogens is 569 g/mol. The molecule has 0 N–H and O–H groups in total. The van der Waals surface area contributed by atoms with E-state index in [1.54, 1.807) is 12.1 Å². The van der Waals surface area contributed by atoms with Crippen molar-refractivity contribution in [1.29, 1.82) is 0 Å². The minimum absolute atomic E-state index is 0.103. The van der Waals surface area contributed by atoms with Crippen LogP contribution in [0.15, 0.2) is 181 Å². The highest BCUT2D eigenvalue weighted by atomic mass is 15.1. The molecule has 220 valence electrons. The molecule has 0 aliphatic heterocycles. The SMILES string of the molecule is [2H]c1c([2H])c([2H])c(-c2cc(-c3c([2H])c([2H])c([2H])c([2H])c3[2H])cc(-c3c4c([2H])c([2H])c([2H])c([2H])c4c(-n4c(-c5c([2H])c([2H])c([2H])c([2H])c5[2H])nc5ccccc54)c4c([2H])c([2H])c([2H])c([2H])c34)c2)c([2H])c1[2H]. The molecule has 0 saturated carbocycles. The molecule has 0 bridgehead atoms. The van der Waals surface area contributed by atoms with Crippen LogP contribution in [-0.4, -0.2) is 9.55 Å². The molecule has 8 aromatic carbocycles. The van der Waals surface area contributed by atoms with Crippen LogP contribution in [0.5, 0.6) is 0 Å². The van der Waals surface area contributed by atoms with Crippen molar-refractivity contribution in [2.75, 3.05) is 0 Å². The molecule has 0 aliphatic rings. The fourth-order valence-electron chi connectivity index (χ4n) is 5.75. The molecule has 9 aromatic rings. The highest BCUT2D eigenvalue weighted by molar-refractivity contribution is 6.19. The number of para-hydroxylation sites is 2. The normalized spacial score (nSPS) is 18.3. The lowest BCUT2D eigenvalue weighted by molar-refractivity contribution is 1.13. The molecule has 0 saturated heterocycles.